The van der Waals surface area contributed by atoms with E-state index in [1.165, 1.54) is 17.0 Å². The molecule has 1 fully saturated rings. The lowest BCUT2D eigenvalue weighted by Crippen LogP contribution is -2.48. The fraction of sp³-hybridized carbons (Fsp3) is 0.318. The Kier molecular flexibility index (Phi) is 6.39. The van der Waals surface area contributed by atoms with Gasteiger partial charge in [-0.05, 0) is 35.7 Å². The summed E-state index contributed by atoms with van der Waals surface area (Å²) in [7, 11) is 0. The van der Waals surface area contributed by atoms with E-state index in [1.54, 1.807) is 40.7 Å². The zero-order chi connectivity index (χ0) is 20.1. The number of thiophene rings is 1. The molecule has 2 aromatic heterocycles. The van der Waals surface area contributed by atoms with Crippen LogP contribution < -0.4 is 0 Å². The zero-order valence-electron chi connectivity index (χ0n) is 16.0. The smallest absolute Gasteiger partial charge is 0.257 e. The molecule has 1 unspecified atom stereocenters. The van der Waals surface area contributed by atoms with Crippen molar-refractivity contribution < 1.29 is 18.3 Å². The van der Waals surface area contributed by atoms with E-state index < -0.39 is 5.82 Å². The third kappa shape index (κ3) is 5.12. The van der Waals surface area contributed by atoms with Crippen LogP contribution in [0.1, 0.15) is 21.0 Å². The second-order valence-corrected chi connectivity index (χ2v) is 8.08. The lowest BCUT2D eigenvalue weighted by atomic mass is 10.1. The summed E-state index contributed by atoms with van der Waals surface area (Å²) in [4.78, 5) is 18.3. The number of halogens is 1. The van der Waals surface area contributed by atoms with Crippen LogP contribution >= 0.6 is 11.3 Å². The Hall–Kier alpha value is -2.48. The van der Waals surface area contributed by atoms with Crippen molar-refractivity contribution in [3.05, 3.63) is 82.2 Å². The first-order chi connectivity index (χ1) is 14.2. The van der Waals surface area contributed by atoms with Crippen LogP contribution in [0, 0.1) is 5.82 Å². The normalized spacial score (nSPS) is 17.3. The van der Waals surface area contributed by atoms with Crippen molar-refractivity contribution in [2.45, 2.75) is 19.2 Å². The monoisotopic (exact) mass is 414 g/mol. The van der Waals surface area contributed by atoms with Crippen molar-refractivity contribution in [3.8, 4) is 0 Å². The van der Waals surface area contributed by atoms with E-state index in [1.807, 2.05) is 6.07 Å². The average molecular weight is 415 g/mol. The maximum atomic E-state index is 14.2. The summed E-state index contributed by atoms with van der Waals surface area (Å²) in [5.74, 6) is -0.231. The second kappa shape index (κ2) is 9.35. The third-order valence-electron chi connectivity index (χ3n) is 4.92. The Labute approximate surface area is 173 Å². The second-order valence-electron chi connectivity index (χ2n) is 7.05. The number of carbonyl (C=O) groups is 1. The molecule has 0 saturated carbocycles. The number of morpholine rings is 1. The van der Waals surface area contributed by atoms with Gasteiger partial charge in [0.15, 0.2) is 0 Å². The summed E-state index contributed by atoms with van der Waals surface area (Å²) < 4.78 is 25.6. The van der Waals surface area contributed by atoms with Crippen molar-refractivity contribution in [2.75, 3.05) is 26.2 Å². The van der Waals surface area contributed by atoms with Crippen LogP contribution in [0.4, 0.5) is 4.39 Å². The highest BCUT2D eigenvalue weighted by molar-refractivity contribution is 7.09. The first kappa shape index (κ1) is 19.8. The number of amides is 1. The molecule has 3 aromatic rings. The fourth-order valence-corrected chi connectivity index (χ4v) is 4.26. The molecule has 7 heteroatoms. The van der Waals surface area contributed by atoms with Gasteiger partial charge in [-0.1, -0.05) is 18.2 Å². The van der Waals surface area contributed by atoms with Gasteiger partial charge in [-0.25, -0.2) is 4.39 Å². The summed E-state index contributed by atoms with van der Waals surface area (Å²) in [6.45, 7) is 3.69. The quantitative estimate of drug-likeness (QED) is 0.586. The summed E-state index contributed by atoms with van der Waals surface area (Å²) in [5, 5.41) is 2.07. The number of hydrogen-bond acceptors (Lipinski definition) is 5. The average Bonchev–Trinajstić information content (AvgIpc) is 3.42. The van der Waals surface area contributed by atoms with E-state index in [9.17, 15) is 9.18 Å². The van der Waals surface area contributed by atoms with Gasteiger partial charge in [-0.2, -0.15) is 0 Å². The number of benzene rings is 1. The van der Waals surface area contributed by atoms with Crippen LogP contribution in [0.2, 0.25) is 0 Å². The molecule has 1 aliphatic rings. The molecule has 1 amide bonds. The van der Waals surface area contributed by atoms with Crippen LogP contribution in [-0.4, -0.2) is 48.1 Å². The van der Waals surface area contributed by atoms with Gasteiger partial charge in [0.2, 0.25) is 0 Å². The highest BCUT2D eigenvalue weighted by atomic mass is 32.1. The van der Waals surface area contributed by atoms with Crippen molar-refractivity contribution in [1.29, 1.82) is 0 Å². The van der Waals surface area contributed by atoms with Gasteiger partial charge in [0.05, 0.1) is 31.1 Å². The van der Waals surface area contributed by atoms with Gasteiger partial charge < -0.3 is 14.1 Å². The van der Waals surface area contributed by atoms with Crippen LogP contribution in [0.25, 0.3) is 0 Å². The van der Waals surface area contributed by atoms with Gasteiger partial charge in [0.25, 0.3) is 5.91 Å². The molecule has 0 radical (unpaired) electrons. The topological polar surface area (TPSA) is 45.9 Å². The van der Waals surface area contributed by atoms with Crippen LogP contribution in [0.5, 0.6) is 0 Å². The van der Waals surface area contributed by atoms with E-state index in [4.69, 9.17) is 9.15 Å². The van der Waals surface area contributed by atoms with Gasteiger partial charge >= 0.3 is 0 Å². The van der Waals surface area contributed by atoms with E-state index in [-0.39, 0.29) is 24.1 Å². The summed E-state index contributed by atoms with van der Waals surface area (Å²) in [5.41, 5.74) is 0.0605. The summed E-state index contributed by atoms with van der Waals surface area (Å²) >= 11 is 1.74. The van der Waals surface area contributed by atoms with Crippen molar-refractivity contribution in [1.82, 2.24) is 9.80 Å². The molecular formula is C22H23FN2O3S. The first-order valence-electron chi connectivity index (χ1n) is 9.61. The minimum absolute atomic E-state index is 0.0605. The standard InChI is InChI=1S/C22H23FN2O3S/c23-21-8-2-1-7-20(21)22(26)25(14-17-5-3-10-27-17)15-18-13-24(9-11-28-18)16-19-6-4-12-29-19/h1-8,10,12,18H,9,11,13-16H2. The predicted molar refractivity (Wildman–Crippen MR) is 109 cm³/mol. The lowest BCUT2D eigenvalue weighted by Gasteiger charge is -2.35. The molecular weight excluding hydrogens is 391 g/mol. The largest absolute Gasteiger partial charge is 0.467 e. The van der Waals surface area contributed by atoms with E-state index in [0.29, 0.717) is 18.9 Å². The Morgan fingerprint density at radius 3 is 2.86 bits per heavy atom. The van der Waals surface area contributed by atoms with E-state index in [0.717, 1.165) is 19.6 Å². The highest BCUT2D eigenvalue weighted by Gasteiger charge is 2.27. The Balaban J connectivity index is 1.47. The number of furan rings is 1. The summed E-state index contributed by atoms with van der Waals surface area (Å²) in [6.07, 6.45) is 1.43. The molecule has 29 heavy (non-hydrogen) atoms. The Morgan fingerprint density at radius 2 is 2.10 bits per heavy atom. The molecule has 5 nitrogen and oxygen atoms in total. The lowest BCUT2D eigenvalue weighted by molar-refractivity contribution is -0.0440. The van der Waals surface area contributed by atoms with Crippen LogP contribution in [0.3, 0.4) is 0 Å². The molecule has 0 N–H and O–H groups in total. The molecule has 1 atom stereocenters. The molecule has 1 aliphatic heterocycles. The van der Waals surface area contributed by atoms with E-state index in [2.05, 4.69) is 22.4 Å². The number of rotatable bonds is 7. The van der Waals surface area contributed by atoms with Gasteiger partial charge in [-0.3, -0.25) is 9.69 Å². The Morgan fingerprint density at radius 1 is 1.21 bits per heavy atom. The molecule has 0 spiro atoms. The van der Waals surface area contributed by atoms with Crippen molar-refractivity contribution in [3.63, 3.8) is 0 Å². The minimum atomic E-state index is -0.522. The number of nitrogens with zero attached hydrogens (tertiary/aromatic N) is 2. The molecule has 1 saturated heterocycles. The molecule has 1 aromatic carbocycles. The van der Waals surface area contributed by atoms with Crippen LogP contribution in [-0.2, 0) is 17.8 Å². The zero-order valence-corrected chi connectivity index (χ0v) is 16.8. The number of hydrogen-bond donors (Lipinski definition) is 0. The molecule has 0 bridgehead atoms. The van der Waals surface area contributed by atoms with Gasteiger partial charge in [0.1, 0.15) is 11.6 Å². The maximum Gasteiger partial charge on any atom is 0.257 e. The Bertz CT molecular complexity index is 914. The van der Waals surface area contributed by atoms with Crippen molar-refractivity contribution in [2.24, 2.45) is 0 Å². The fourth-order valence-electron chi connectivity index (χ4n) is 3.52. The molecule has 3 heterocycles. The molecule has 4 rings (SSSR count). The number of carbonyl (C=O) groups excluding carboxylic acids is 1. The number of ether oxygens (including phenoxy) is 1. The van der Waals surface area contributed by atoms with Gasteiger partial charge in [-0.15, -0.1) is 11.3 Å². The van der Waals surface area contributed by atoms with Crippen LogP contribution in [0.15, 0.2) is 64.6 Å². The molecule has 152 valence electrons. The van der Waals surface area contributed by atoms with E-state index >= 15 is 0 Å². The molecule has 0 aliphatic carbocycles. The SMILES string of the molecule is O=C(c1ccccc1F)N(Cc1ccco1)CC1CN(Cc2cccs2)CCO1. The highest BCUT2D eigenvalue weighted by Crippen LogP contribution is 2.18. The summed E-state index contributed by atoms with van der Waals surface area (Å²) in [6, 6.07) is 13.8. The first-order valence-corrected chi connectivity index (χ1v) is 10.5. The predicted octanol–water partition coefficient (Wildman–Crippen LogP) is 4.02. The minimum Gasteiger partial charge on any atom is -0.467 e. The van der Waals surface area contributed by atoms with Gasteiger partial charge in [0, 0.05) is 31.1 Å². The third-order valence-corrected chi connectivity index (χ3v) is 5.79. The maximum absolute atomic E-state index is 14.2. The van der Waals surface area contributed by atoms with Crippen molar-refractivity contribution >= 4 is 17.2 Å².